The van der Waals surface area contributed by atoms with Crippen LogP contribution in [0.3, 0.4) is 0 Å². The summed E-state index contributed by atoms with van der Waals surface area (Å²) in [6, 6.07) is 5.67. The zero-order valence-corrected chi connectivity index (χ0v) is 11.1. The van der Waals surface area contributed by atoms with Crippen LogP contribution in [0.4, 0.5) is 0 Å². The van der Waals surface area contributed by atoms with Crippen molar-refractivity contribution in [2.24, 2.45) is 0 Å². The van der Waals surface area contributed by atoms with Crippen LogP contribution in [0.2, 0.25) is 0 Å². The smallest absolute Gasteiger partial charge is 0.353 e. The lowest BCUT2D eigenvalue weighted by molar-refractivity contribution is 0.0690. The molecular formula is C13H11BrN2O2. The Hall–Kier alpha value is -1.62. The molecular weight excluding hydrogens is 296 g/mol. The Kier molecular flexibility index (Phi) is 2.70. The van der Waals surface area contributed by atoms with Crippen LogP contribution in [-0.4, -0.2) is 21.3 Å². The highest BCUT2D eigenvalue weighted by Crippen LogP contribution is 2.33. The molecule has 0 saturated carbocycles. The van der Waals surface area contributed by atoms with Crippen LogP contribution in [0.15, 0.2) is 22.7 Å². The van der Waals surface area contributed by atoms with Crippen molar-refractivity contribution in [3.63, 3.8) is 0 Å². The molecule has 0 fully saturated rings. The van der Waals surface area contributed by atoms with E-state index in [0.29, 0.717) is 5.69 Å². The van der Waals surface area contributed by atoms with Gasteiger partial charge in [-0.2, -0.15) is 5.10 Å². The van der Waals surface area contributed by atoms with E-state index < -0.39 is 5.97 Å². The number of halogens is 1. The number of hydrogen-bond donors (Lipinski definition) is 2. The number of aryl methyl sites for hydroxylation is 1. The van der Waals surface area contributed by atoms with E-state index in [2.05, 4.69) is 32.2 Å². The fourth-order valence-corrected chi connectivity index (χ4v) is 3.08. The molecule has 0 aliphatic heterocycles. The van der Waals surface area contributed by atoms with Gasteiger partial charge in [-0.25, -0.2) is 4.79 Å². The summed E-state index contributed by atoms with van der Waals surface area (Å²) < 4.78 is 1.09. The minimum Gasteiger partial charge on any atom is -0.477 e. The molecule has 1 aromatic heterocycles. The number of hydrogen-bond acceptors (Lipinski definition) is 2. The third-order valence-electron chi connectivity index (χ3n) is 3.26. The van der Waals surface area contributed by atoms with Crippen LogP contribution < -0.4 is 0 Å². The fraction of sp³-hybridized carbons (Fsp3) is 0.231. The number of carbonyl (C=O) groups is 1. The molecule has 18 heavy (non-hydrogen) atoms. The highest BCUT2D eigenvalue weighted by atomic mass is 79.9. The van der Waals surface area contributed by atoms with Gasteiger partial charge in [0.2, 0.25) is 0 Å². The van der Waals surface area contributed by atoms with Gasteiger partial charge in [0.15, 0.2) is 0 Å². The Morgan fingerprint density at radius 1 is 1.33 bits per heavy atom. The maximum absolute atomic E-state index is 10.8. The molecule has 0 saturated heterocycles. The quantitative estimate of drug-likeness (QED) is 0.896. The van der Waals surface area contributed by atoms with Crippen LogP contribution in [0.5, 0.6) is 0 Å². The van der Waals surface area contributed by atoms with E-state index in [1.54, 1.807) is 6.07 Å². The number of benzene rings is 1. The molecule has 0 amide bonds. The largest absolute Gasteiger partial charge is 0.477 e. The first-order valence-corrected chi connectivity index (χ1v) is 6.55. The Morgan fingerprint density at radius 3 is 2.89 bits per heavy atom. The molecule has 0 atom stereocenters. The summed E-state index contributed by atoms with van der Waals surface area (Å²) in [5, 5.41) is 15.4. The molecule has 1 aromatic carbocycles. The number of H-pyrrole nitrogens is 1. The summed E-state index contributed by atoms with van der Waals surface area (Å²) in [5.74, 6) is -0.992. The van der Waals surface area contributed by atoms with E-state index in [0.717, 1.165) is 22.9 Å². The van der Waals surface area contributed by atoms with Crippen LogP contribution >= 0.6 is 15.9 Å². The molecule has 2 aromatic rings. The predicted octanol–water partition coefficient (Wildman–Crippen LogP) is 3.03. The summed E-state index contributed by atoms with van der Waals surface area (Å²) >= 11 is 3.58. The van der Waals surface area contributed by atoms with Gasteiger partial charge in [0.1, 0.15) is 5.69 Å². The highest BCUT2D eigenvalue weighted by molar-refractivity contribution is 9.10. The van der Waals surface area contributed by atoms with Crippen molar-refractivity contribution < 1.29 is 9.90 Å². The topological polar surface area (TPSA) is 66.0 Å². The van der Waals surface area contributed by atoms with Crippen molar-refractivity contribution >= 4 is 21.9 Å². The summed E-state index contributed by atoms with van der Waals surface area (Å²) in [7, 11) is 0. The molecule has 1 heterocycles. The normalized spacial score (nSPS) is 13.6. The van der Waals surface area contributed by atoms with Crippen LogP contribution in [0, 0.1) is 0 Å². The number of aromatic carboxylic acids is 1. The SMILES string of the molecule is O=C(O)c1cc(-c2cc(Br)c3c(c2)CCC3)n[nH]1. The molecule has 2 N–H and O–H groups in total. The first-order chi connectivity index (χ1) is 8.65. The Balaban J connectivity index is 2.06. The third kappa shape index (κ3) is 1.84. The maximum atomic E-state index is 10.8. The average molecular weight is 307 g/mol. The van der Waals surface area contributed by atoms with Crippen molar-refractivity contribution in [3.8, 4) is 11.3 Å². The number of carboxylic acids is 1. The molecule has 0 bridgehead atoms. The minimum absolute atomic E-state index is 0.113. The van der Waals surface area contributed by atoms with Gasteiger partial charge in [-0.3, -0.25) is 5.10 Å². The van der Waals surface area contributed by atoms with E-state index in [1.807, 2.05) is 6.07 Å². The van der Waals surface area contributed by atoms with E-state index in [-0.39, 0.29) is 5.69 Å². The van der Waals surface area contributed by atoms with Crippen LogP contribution in [0.25, 0.3) is 11.3 Å². The third-order valence-corrected chi connectivity index (χ3v) is 3.97. The lowest BCUT2D eigenvalue weighted by Gasteiger charge is -2.05. The second-order valence-electron chi connectivity index (χ2n) is 4.42. The number of nitrogens with one attached hydrogen (secondary N) is 1. The van der Waals surface area contributed by atoms with Crippen molar-refractivity contribution in [3.05, 3.63) is 39.5 Å². The van der Waals surface area contributed by atoms with E-state index >= 15 is 0 Å². The van der Waals surface area contributed by atoms with Gasteiger partial charge in [0, 0.05) is 10.0 Å². The zero-order valence-electron chi connectivity index (χ0n) is 9.53. The molecule has 0 unspecified atom stereocenters. The molecule has 0 radical (unpaired) electrons. The lowest BCUT2D eigenvalue weighted by atomic mass is 10.0. The Morgan fingerprint density at radius 2 is 2.17 bits per heavy atom. The molecule has 1 aliphatic carbocycles. The Bertz CT molecular complexity index is 634. The molecule has 0 spiro atoms. The zero-order chi connectivity index (χ0) is 12.7. The Labute approximate surface area is 112 Å². The van der Waals surface area contributed by atoms with Gasteiger partial charge in [-0.05, 0) is 48.6 Å². The van der Waals surface area contributed by atoms with E-state index in [9.17, 15) is 4.79 Å². The van der Waals surface area contributed by atoms with Crippen molar-refractivity contribution in [1.29, 1.82) is 0 Å². The van der Waals surface area contributed by atoms with Gasteiger partial charge < -0.3 is 5.11 Å². The summed E-state index contributed by atoms with van der Waals surface area (Å²) in [5.41, 5.74) is 4.43. The van der Waals surface area contributed by atoms with Gasteiger partial charge in [0.25, 0.3) is 0 Å². The van der Waals surface area contributed by atoms with Crippen LogP contribution in [-0.2, 0) is 12.8 Å². The van der Waals surface area contributed by atoms with Gasteiger partial charge in [0.05, 0.1) is 5.69 Å². The first-order valence-electron chi connectivity index (χ1n) is 5.75. The summed E-state index contributed by atoms with van der Waals surface area (Å²) in [4.78, 5) is 10.8. The summed E-state index contributed by atoms with van der Waals surface area (Å²) in [6.07, 6.45) is 3.37. The molecule has 3 rings (SSSR count). The predicted molar refractivity (Wildman–Crippen MR) is 70.7 cm³/mol. The van der Waals surface area contributed by atoms with Crippen molar-refractivity contribution in [2.75, 3.05) is 0 Å². The standard InChI is InChI=1S/C13H11BrN2O2/c14-10-5-8(4-7-2-1-3-9(7)10)11-6-12(13(17)18)16-15-11/h4-6H,1-3H2,(H,15,16)(H,17,18). The number of carboxylic acid groups (broad SMARTS) is 1. The molecule has 5 heteroatoms. The lowest BCUT2D eigenvalue weighted by Crippen LogP contribution is -1.95. The number of aromatic nitrogens is 2. The fourth-order valence-electron chi connectivity index (χ4n) is 2.38. The van der Waals surface area contributed by atoms with E-state index in [1.165, 1.54) is 17.5 Å². The number of fused-ring (bicyclic) bond motifs is 1. The monoisotopic (exact) mass is 306 g/mol. The molecule has 92 valence electrons. The van der Waals surface area contributed by atoms with Crippen molar-refractivity contribution in [1.82, 2.24) is 10.2 Å². The minimum atomic E-state index is -0.992. The first kappa shape index (κ1) is 11.5. The van der Waals surface area contributed by atoms with E-state index in [4.69, 9.17) is 5.11 Å². The number of rotatable bonds is 2. The van der Waals surface area contributed by atoms with Gasteiger partial charge >= 0.3 is 5.97 Å². The number of aromatic amines is 1. The number of nitrogens with zero attached hydrogens (tertiary/aromatic N) is 1. The molecule has 4 nitrogen and oxygen atoms in total. The molecule has 1 aliphatic rings. The van der Waals surface area contributed by atoms with Crippen molar-refractivity contribution in [2.45, 2.75) is 19.3 Å². The second-order valence-corrected chi connectivity index (χ2v) is 5.28. The average Bonchev–Trinajstić information content (AvgIpc) is 2.97. The summed E-state index contributed by atoms with van der Waals surface area (Å²) in [6.45, 7) is 0. The van der Waals surface area contributed by atoms with Gasteiger partial charge in [-0.15, -0.1) is 0 Å². The van der Waals surface area contributed by atoms with Crippen LogP contribution in [0.1, 0.15) is 28.0 Å². The van der Waals surface area contributed by atoms with Gasteiger partial charge in [-0.1, -0.05) is 15.9 Å². The highest BCUT2D eigenvalue weighted by Gasteiger charge is 2.17. The maximum Gasteiger partial charge on any atom is 0.353 e. The second kappa shape index (κ2) is 4.24.